The Morgan fingerprint density at radius 1 is 1.86 bits per heavy atom. The molecular formula is C5H8BrO. The molecule has 0 aromatic heterocycles. The molecule has 0 aliphatic carbocycles. The molecule has 0 saturated heterocycles. The largest absolute Gasteiger partial charge is 0.371 e. The van der Waals surface area contributed by atoms with Crippen LogP contribution in [0.15, 0.2) is 12.7 Å². The minimum absolute atomic E-state index is 0.0556. The molecule has 0 aromatic rings. The fourth-order valence-corrected chi connectivity index (χ4v) is 0.627. The van der Waals surface area contributed by atoms with E-state index in [0.717, 1.165) is 5.33 Å². The van der Waals surface area contributed by atoms with Crippen LogP contribution in [0, 0.1) is 7.11 Å². The van der Waals surface area contributed by atoms with Gasteiger partial charge in [0.05, 0.1) is 13.2 Å². The molecule has 0 fully saturated rings. The maximum Gasteiger partial charge on any atom is 0.0851 e. The lowest BCUT2D eigenvalue weighted by Gasteiger charge is -2.02. The highest BCUT2D eigenvalue weighted by atomic mass is 79.9. The Morgan fingerprint density at radius 3 is 2.43 bits per heavy atom. The van der Waals surface area contributed by atoms with E-state index >= 15 is 0 Å². The number of alkyl halides is 1. The van der Waals surface area contributed by atoms with Gasteiger partial charge in [0.25, 0.3) is 0 Å². The van der Waals surface area contributed by atoms with Crippen molar-refractivity contribution in [3.05, 3.63) is 19.8 Å². The maximum absolute atomic E-state index is 4.63. The SMILES string of the molecule is [CH2]OC(C=C)CBr. The van der Waals surface area contributed by atoms with Crippen LogP contribution < -0.4 is 0 Å². The van der Waals surface area contributed by atoms with Crippen LogP contribution in [0.4, 0.5) is 0 Å². The molecule has 1 atom stereocenters. The van der Waals surface area contributed by atoms with E-state index in [9.17, 15) is 0 Å². The standard InChI is InChI=1S/C5H8BrO/c1-3-5(4-6)7-2/h3,5H,1-2,4H2. The van der Waals surface area contributed by atoms with E-state index in [1.807, 2.05) is 0 Å². The first-order valence-electron chi connectivity index (χ1n) is 1.94. The Morgan fingerprint density at radius 2 is 2.43 bits per heavy atom. The van der Waals surface area contributed by atoms with Gasteiger partial charge in [-0.25, -0.2) is 0 Å². The molecule has 1 nitrogen and oxygen atoms in total. The van der Waals surface area contributed by atoms with E-state index in [1.54, 1.807) is 6.08 Å². The molecule has 0 spiro atoms. The molecule has 2 heteroatoms. The van der Waals surface area contributed by atoms with Gasteiger partial charge in [0.15, 0.2) is 0 Å². The van der Waals surface area contributed by atoms with Crippen LogP contribution in [-0.4, -0.2) is 11.4 Å². The molecule has 0 aliphatic heterocycles. The first-order chi connectivity index (χ1) is 3.35. The maximum atomic E-state index is 4.63. The number of ether oxygens (including phenoxy) is 1. The predicted octanol–water partition coefficient (Wildman–Crippen LogP) is 1.74. The Bertz CT molecular complexity index is 50.0. The Hall–Kier alpha value is 0.180. The zero-order valence-corrected chi connectivity index (χ0v) is 5.65. The highest BCUT2D eigenvalue weighted by Gasteiger charge is 1.94. The van der Waals surface area contributed by atoms with Crippen molar-refractivity contribution in [2.45, 2.75) is 6.10 Å². The molecule has 0 N–H and O–H groups in total. The van der Waals surface area contributed by atoms with Crippen LogP contribution in [0.1, 0.15) is 0 Å². The third kappa shape index (κ3) is 2.83. The molecule has 7 heavy (non-hydrogen) atoms. The summed E-state index contributed by atoms with van der Waals surface area (Å²) in [5.41, 5.74) is 0. The minimum atomic E-state index is 0.0556. The van der Waals surface area contributed by atoms with Gasteiger partial charge in [0.2, 0.25) is 0 Å². The van der Waals surface area contributed by atoms with Crippen molar-refractivity contribution in [3.8, 4) is 0 Å². The molecular weight excluding hydrogens is 156 g/mol. The van der Waals surface area contributed by atoms with Gasteiger partial charge in [-0.2, -0.15) is 0 Å². The van der Waals surface area contributed by atoms with Crippen LogP contribution in [-0.2, 0) is 4.74 Å². The highest BCUT2D eigenvalue weighted by molar-refractivity contribution is 9.09. The zero-order valence-electron chi connectivity index (χ0n) is 4.06. The molecule has 0 saturated carbocycles. The molecule has 1 radical (unpaired) electrons. The molecule has 0 heterocycles. The summed E-state index contributed by atoms with van der Waals surface area (Å²) in [5.74, 6) is 0. The second-order valence-corrected chi connectivity index (χ2v) is 1.74. The summed E-state index contributed by atoms with van der Waals surface area (Å²) in [4.78, 5) is 0. The quantitative estimate of drug-likeness (QED) is 0.456. The van der Waals surface area contributed by atoms with E-state index in [4.69, 9.17) is 0 Å². The fraction of sp³-hybridized carbons (Fsp3) is 0.400. The summed E-state index contributed by atoms with van der Waals surface area (Å²) in [6.45, 7) is 3.51. The molecule has 41 valence electrons. The molecule has 1 unspecified atom stereocenters. The van der Waals surface area contributed by atoms with Gasteiger partial charge in [0, 0.05) is 5.33 Å². The minimum Gasteiger partial charge on any atom is -0.371 e. The van der Waals surface area contributed by atoms with Gasteiger partial charge >= 0.3 is 0 Å². The van der Waals surface area contributed by atoms with E-state index < -0.39 is 0 Å². The lowest BCUT2D eigenvalue weighted by molar-refractivity contribution is 0.202. The Kier molecular flexibility index (Phi) is 4.45. The summed E-state index contributed by atoms with van der Waals surface area (Å²) in [7, 11) is 3.23. The van der Waals surface area contributed by atoms with Gasteiger partial charge in [-0.15, -0.1) is 6.58 Å². The number of hydrogen-bond donors (Lipinski definition) is 0. The van der Waals surface area contributed by atoms with Crippen molar-refractivity contribution in [3.63, 3.8) is 0 Å². The number of halogens is 1. The summed E-state index contributed by atoms with van der Waals surface area (Å²) < 4.78 is 4.63. The predicted molar refractivity (Wildman–Crippen MR) is 34.2 cm³/mol. The lowest BCUT2D eigenvalue weighted by atomic mass is 10.4. The van der Waals surface area contributed by atoms with E-state index in [2.05, 4.69) is 34.4 Å². The number of hydrogen-bond acceptors (Lipinski definition) is 1. The fourth-order valence-electron chi connectivity index (χ4n) is 0.176. The Balaban J connectivity index is 3.16. The van der Waals surface area contributed by atoms with Crippen molar-refractivity contribution in [1.29, 1.82) is 0 Å². The summed E-state index contributed by atoms with van der Waals surface area (Å²) in [6, 6.07) is 0. The summed E-state index contributed by atoms with van der Waals surface area (Å²) in [5, 5.41) is 0.764. The molecule has 0 aliphatic rings. The molecule has 0 rings (SSSR count). The molecule has 0 bridgehead atoms. The third-order valence-electron chi connectivity index (χ3n) is 0.629. The van der Waals surface area contributed by atoms with Gasteiger partial charge in [-0.1, -0.05) is 22.0 Å². The van der Waals surface area contributed by atoms with Crippen molar-refractivity contribution in [1.82, 2.24) is 0 Å². The normalized spacial score (nSPS) is 13.4. The Labute approximate surface area is 52.5 Å². The first kappa shape index (κ1) is 7.18. The van der Waals surface area contributed by atoms with E-state index in [1.165, 1.54) is 0 Å². The highest BCUT2D eigenvalue weighted by Crippen LogP contribution is 1.95. The van der Waals surface area contributed by atoms with E-state index in [0.29, 0.717) is 0 Å². The topological polar surface area (TPSA) is 9.23 Å². The van der Waals surface area contributed by atoms with Crippen LogP contribution in [0.2, 0.25) is 0 Å². The first-order valence-corrected chi connectivity index (χ1v) is 3.06. The molecule has 0 aromatic carbocycles. The zero-order chi connectivity index (χ0) is 5.70. The van der Waals surface area contributed by atoms with Crippen molar-refractivity contribution >= 4 is 15.9 Å². The number of rotatable bonds is 3. The second kappa shape index (κ2) is 4.34. The van der Waals surface area contributed by atoms with Crippen molar-refractivity contribution in [2.75, 3.05) is 5.33 Å². The van der Waals surface area contributed by atoms with Crippen molar-refractivity contribution in [2.24, 2.45) is 0 Å². The molecule has 0 amide bonds. The van der Waals surface area contributed by atoms with Crippen LogP contribution >= 0.6 is 15.9 Å². The lowest BCUT2D eigenvalue weighted by Crippen LogP contribution is -2.04. The van der Waals surface area contributed by atoms with Crippen LogP contribution in [0.5, 0.6) is 0 Å². The van der Waals surface area contributed by atoms with Crippen LogP contribution in [0.25, 0.3) is 0 Å². The van der Waals surface area contributed by atoms with Gasteiger partial charge in [-0.05, 0) is 0 Å². The van der Waals surface area contributed by atoms with Crippen LogP contribution in [0.3, 0.4) is 0 Å². The van der Waals surface area contributed by atoms with Gasteiger partial charge in [0.1, 0.15) is 0 Å². The monoisotopic (exact) mass is 163 g/mol. The average molecular weight is 164 g/mol. The third-order valence-corrected chi connectivity index (χ3v) is 1.27. The van der Waals surface area contributed by atoms with Gasteiger partial charge < -0.3 is 4.74 Å². The van der Waals surface area contributed by atoms with Gasteiger partial charge in [-0.3, -0.25) is 0 Å². The second-order valence-electron chi connectivity index (χ2n) is 1.10. The summed E-state index contributed by atoms with van der Waals surface area (Å²) in [6.07, 6.45) is 1.75. The smallest absolute Gasteiger partial charge is 0.0851 e. The average Bonchev–Trinajstić information content (AvgIpc) is 1.72. The summed E-state index contributed by atoms with van der Waals surface area (Å²) >= 11 is 3.20. The van der Waals surface area contributed by atoms with E-state index in [-0.39, 0.29) is 6.10 Å². The van der Waals surface area contributed by atoms with Crippen molar-refractivity contribution < 1.29 is 4.74 Å².